The van der Waals surface area contributed by atoms with Gasteiger partial charge in [-0.15, -0.1) is 0 Å². The quantitative estimate of drug-likeness (QED) is 0.649. The molecule has 2 heterocycles. The summed E-state index contributed by atoms with van der Waals surface area (Å²) in [6.07, 6.45) is 1.65. The first kappa shape index (κ1) is 12.4. The summed E-state index contributed by atoms with van der Waals surface area (Å²) in [5, 5.41) is 0. The summed E-state index contributed by atoms with van der Waals surface area (Å²) in [6.45, 7) is 0.440. The van der Waals surface area contributed by atoms with Crippen LogP contribution in [-0.2, 0) is 11.3 Å². The predicted molar refractivity (Wildman–Crippen MR) is 75.2 cm³/mol. The zero-order valence-electron chi connectivity index (χ0n) is 10.7. The van der Waals surface area contributed by atoms with E-state index in [1.165, 1.54) is 0 Å². The number of hydrogen-bond acceptors (Lipinski definition) is 5. The van der Waals surface area contributed by atoms with Gasteiger partial charge < -0.3 is 15.1 Å². The molecule has 0 saturated carbocycles. The van der Waals surface area contributed by atoms with Crippen LogP contribution in [0, 0.1) is 0 Å². The van der Waals surface area contributed by atoms with Crippen molar-refractivity contribution >= 4 is 17.4 Å². The van der Waals surface area contributed by atoms with E-state index in [2.05, 4.69) is 10.4 Å². The third-order valence-electron chi connectivity index (χ3n) is 3.16. The van der Waals surface area contributed by atoms with Crippen LogP contribution in [0.2, 0.25) is 0 Å². The normalized spacial score (nSPS) is 13.7. The molecular formula is C14H14N4O2. The lowest BCUT2D eigenvalue weighted by Crippen LogP contribution is -2.38. The fraction of sp³-hybridized carbons (Fsp3) is 0.143. The van der Waals surface area contributed by atoms with E-state index in [0.717, 1.165) is 11.3 Å². The molecule has 102 valence electrons. The monoisotopic (exact) mass is 270 g/mol. The largest absolute Gasteiger partial charge is 0.482 e. The molecule has 6 heteroatoms. The number of fused-ring (bicyclic) bond motifs is 1. The molecule has 1 aliphatic rings. The van der Waals surface area contributed by atoms with Crippen molar-refractivity contribution in [1.29, 1.82) is 0 Å². The van der Waals surface area contributed by atoms with Gasteiger partial charge >= 0.3 is 0 Å². The van der Waals surface area contributed by atoms with Gasteiger partial charge in [-0.05, 0) is 18.2 Å². The summed E-state index contributed by atoms with van der Waals surface area (Å²) in [5.74, 6) is 6.62. The van der Waals surface area contributed by atoms with Crippen molar-refractivity contribution in [3.8, 4) is 5.75 Å². The number of pyridine rings is 1. The lowest BCUT2D eigenvalue weighted by molar-refractivity contribution is -0.121. The van der Waals surface area contributed by atoms with Gasteiger partial charge in [0.25, 0.3) is 5.91 Å². The average Bonchev–Trinajstić information content (AvgIpc) is 2.50. The van der Waals surface area contributed by atoms with Gasteiger partial charge in [0.1, 0.15) is 11.6 Å². The summed E-state index contributed by atoms with van der Waals surface area (Å²) in [4.78, 5) is 17.9. The molecule has 0 unspecified atom stereocenters. The molecule has 2 aromatic rings. The van der Waals surface area contributed by atoms with Crippen molar-refractivity contribution in [1.82, 2.24) is 4.98 Å². The SMILES string of the molecule is NNc1ncccc1CN1C(=O)COc2ccccc21. The van der Waals surface area contributed by atoms with Crippen molar-refractivity contribution in [2.45, 2.75) is 6.54 Å². The van der Waals surface area contributed by atoms with Crippen LogP contribution < -0.4 is 20.9 Å². The maximum absolute atomic E-state index is 12.1. The highest BCUT2D eigenvalue weighted by Crippen LogP contribution is 2.33. The molecule has 20 heavy (non-hydrogen) atoms. The summed E-state index contributed by atoms with van der Waals surface area (Å²) in [7, 11) is 0. The van der Waals surface area contributed by atoms with Crippen LogP contribution in [0.3, 0.4) is 0 Å². The van der Waals surface area contributed by atoms with E-state index >= 15 is 0 Å². The molecule has 0 fully saturated rings. The second kappa shape index (κ2) is 5.18. The van der Waals surface area contributed by atoms with E-state index in [-0.39, 0.29) is 12.5 Å². The minimum absolute atomic E-state index is 0.0443. The maximum atomic E-state index is 12.1. The van der Waals surface area contributed by atoms with E-state index in [4.69, 9.17) is 10.6 Å². The molecule has 6 nitrogen and oxygen atoms in total. The van der Waals surface area contributed by atoms with Gasteiger partial charge in [-0.25, -0.2) is 10.8 Å². The number of rotatable bonds is 3. The Hall–Kier alpha value is -2.60. The minimum atomic E-state index is -0.0875. The van der Waals surface area contributed by atoms with Crippen molar-refractivity contribution in [3.63, 3.8) is 0 Å². The second-order valence-corrected chi connectivity index (χ2v) is 4.39. The van der Waals surface area contributed by atoms with Crippen LogP contribution >= 0.6 is 0 Å². The van der Waals surface area contributed by atoms with E-state index in [1.807, 2.05) is 36.4 Å². The molecule has 0 atom stereocenters. The van der Waals surface area contributed by atoms with Gasteiger partial charge in [0.2, 0.25) is 0 Å². The molecule has 3 rings (SSSR count). The molecule has 0 saturated heterocycles. The van der Waals surface area contributed by atoms with Crippen molar-refractivity contribution < 1.29 is 9.53 Å². The number of carbonyl (C=O) groups excluding carboxylic acids is 1. The molecule has 0 aliphatic carbocycles. The van der Waals surface area contributed by atoms with Crippen LogP contribution in [0.5, 0.6) is 5.75 Å². The van der Waals surface area contributed by atoms with Gasteiger partial charge in [-0.3, -0.25) is 4.79 Å². The predicted octanol–water partition coefficient (Wildman–Crippen LogP) is 1.29. The van der Waals surface area contributed by atoms with E-state index < -0.39 is 0 Å². The Morgan fingerprint density at radius 3 is 3.00 bits per heavy atom. The first-order valence-electron chi connectivity index (χ1n) is 6.22. The lowest BCUT2D eigenvalue weighted by atomic mass is 10.2. The maximum Gasteiger partial charge on any atom is 0.265 e. The van der Waals surface area contributed by atoms with E-state index in [9.17, 15) is 4.79 Å². The van der Waals surface area contributed by atoms with Crippen molar-refractivity contribution in [2.75, 3.05) is 16.9 Å². The summed E-state index contributed by atoms with van der Waals surface area (Å²) >= 11 is 0. The third-order valence-corrected chi connectivity index (χ3v) is 3.16. The fourth-order valence-corrected chi connectivity index (χ4v) is 2.19. The number of hydrazine groups is 1. The number of ether oxygens (including phenoxy) is 1. The number of benzene rings is 1. The Kier molecular flexibility index (Phi) is 3.22. The zero-order valence-corrected chi connectivity index (χ0v) is 10.7. The smallest absolute Gasteiger partial charge is 0.265 e. The third kappa shape index (κ3) is 2.17. The first-order chi connectivity index (χ1) is 9.79. The van der Waals surface area contributed by atoms with Gasteiger partial charge in [0.15, 0.2) is 6.61 Å². The highest BCUT2D eigenvalue weighted by atomic mass is 16.5. The van der Waals surface area contributed by atoms with Gasteiger partial charge in [-0.2, -0.15) is 0 Å². The molecular weight excluding hydrogens is 256 g/mol. The Labute approximate surface area is 116 Å². The molecule has 1 aromatic heterocycles. The number of nitrogens with zero attached hydrogens (tertiary/aromatic N) is 2. The number of anilines is 2. The van der Waals surface area contributed by atoms with Gasteiger partial charge in [0.05, 0.1) is 12.2 Å². The molecule has 0 spiro atoms. The minimum Gasteiger partial charge on any atom is -0.482 e. The summed E-state index contributed by atoms with van der Waals surface area (Å²) in [6, 6.07) is 11.2. The fourth-order valence-electron chi connectivity index (χ4n) is 2.19. The summed E-state index contributed by atoms with van der Waals surface area (Å²) in [5.41, 5.74) is 4.15. The number of amides is 1. The van der Waals surface area contributed by atoms with Crippen LogP contribution in [0.4, 0.5) is 11.5 Å². The Morgan fingerprint density at radius 1 is 1.30 bits per heavy atom. The van der Waals surface area contributed by atoms with Crippen LogP contribution in [0.15, 0.2) is 42.6 Å². The van der Waals surface area contributed by atoms with Gasteiger partial charge in [0, 0.05) is 11.8 Å². The average molecular weight is 270 g/mol. The number of hydrogen-bond donors (Lipinski definition) is 2. The van der Waals surface area contributed by atoms with Crippen LogP contribution in [0.1, 0.15) is 5.56 Å². The lowest BCUT2D eigenvalue weighted by Gasteiger charge is -2.29. The van der Waals surface area contributed by atoms with Crippen LogP contribution in [-0.4, -0.2) is 17.5 Å². The highest BCUT2D eigenvalue weighted by molar-refractivity contribution is 5.97. The number of para-hydroxylation sites is 2. The summed E-state index contributed by atoms with van der Waals surface area (Å²) < 4.78 is 5.41. The molecule has 0 radical (unpaired) electrons. The first-order valence-corrected chi connectivity index (χ1v) is 6.22. The number of aromatic nitrogens is 1. The second-order valence-electron chi connectivity index (χ2n) is 4.39. The topological polar surface area (TPSA) is 80.5 Å². The number of nitrogen functional groups attached to an aromatic ring is 1. The standard InChI is InChI=1S/C14H14N4O2/c15-17-14-10(4-3-7-16-14)8-18-11-5-1-2-6-12(11)20-9-13(18)19/h1-7H,8-9,15H2,(H,16,17). The highest BCUT2D eigenvalue weighted by Gasteiger charge is 2.25. The Bertz CT molecular complexity index is 645. The molecule has 3 N–H and O–H groups in total. The van der Waals surface area contributed by atoms with Crippen molar-refractivity contribution in [3.05, 3.63) is 48.2 Å². The Balaban J connectivity index is 1.96. The zero-order chi connectivity index (χ0) is 13.9. The van der Waals surface area contributed by atoms with Crippen LogP contribution in [0.25, 0.3) is 0 Å². The number of nitrogens with two attached hydrogens (primary N) is 1. The molecule has 1 aliphatic heterocycles. The van der Waals surface area contributed by atoms with Gasteiger partial charge in [-0.1, -0.05) is 18.2 Å². The number of nitrogens with one attached hydrogen (secondary N) is 1. The van der Waals surface area contributed by atoms with Crippen molar-refractivity contribution in [2.24, 2.45) is 5.84 Å². The molecule has 0 bridgehead atoms. The molecule has 1 aromatic carbocycles. The Morgan fingerprint density at radius 2 is 2.15 bits per heavy atom. The molecule has 1 amide bonds. The van der Waals surface area contributed by atoms with E-state index in [1.54, 1.807) is 11.1 Å². The number of carbonyl (C=O) groups is 1. The van der Waals surface area contributed by atoms with E-state index in [0.29, 0.717) is 18.1 Å².